The number of aromatic amines is 4. The highest BCUT2D eigenvalue weighted by atomic mass is 16.5. The van der Waals surface area contributed by atoms with E-state index in [2.05, 4.69) is 80.6 Å². The van der Waals surface area contributed by atoms with E-state index in [0.717, 1.165) is 64.7 Å². The largest absolute Gasteiger partial charge is 0.493 e. The van der Waals surface area contributed by atoms with E-state index in [0.29, 0.717) is 13.2 Å². The van der Waals surface area contributed by atoms with Gasteiger partial charge in [0.2, 0.25) is 0 Å². The van der Waals surface area contributed by atoms with Gasteiger partial charge in [-0.15, -0.1) is 0 Å². The number of para-hydroxylation sites is 2. The van der Waals surface area contributed by atoms with Crippen LogP contribution in [0.25, 0.3) is 0 Å². The predicted molar refractivity (Wildman–Crippen MR) is 163 cm³/mol. The Labute approximate surface area is 240 Å². The summed E-state index contributed by atoms with van der Waals surface area (Å²) in [5, 5.41) is 0. The van der Waals surface area contributed by atoms with E-state index in [-0.39, 0.29) is 11.8 Å². The van der Waals surface area contributed by atoms with Gasteiger partial charge in [-0.3, -0.25) is 0 Å². The smallest absolute Gasteiger partial charge is 0.123 e. The number of unbranched alkanes of at least 4 members (excludes halogenated alkanes) is 2. The number of nitrogens with one attached hydrogen (secondary N) is 4. The average Bonchev–Trinajstić information content (AvgIpc) is 3.83. The summed E-state index contributed by atoms with van der Waals surface area (Å²) in [4.78, 5) is 13.6. The molecule has 6 rings (SSSR count). The number of hydrogen-bond donors (Lipinski definition) is 4. The van der Waals surface area contributed by atoms with Gasteiger partial charge in [0, 0.05) is 58.7 Å². The number of H-pyrrole nitrogens is 4. The summed E-state index contributed by atoms with van der Waals surface area (Å²) in [6.07, 6.45) is 10.8. The molecule has 41 heavy (non-hydrogen) atoms. The minimum atomic E-state index is 0.0606. The Kier molecular flexibility index (Phi) is 8.37. The Balaban J connectivity index is 1.04. The molecule has 0 saturated carbocycles. The van der Waals surface area contributed by atoms with E-state index in [1.165, 1.54) is 0 Å². The van der Waals surface area contributed by atoms with Gasteiger partial charge in [0.25, 0.3) is 0 Å². The van der Waals surface area contributed by atoms with Gasteiger partial charge in [-0.25, -0.2) is 0 Å². The Morgan fingerprint density at radius 2 is 0.780 bits per heavy atom. The van der Waals surface area contributed by atoms with Gasteiger partial charge in [-0.1, -0.05) is 36.4 Å². The molecule has 0 spiro atoms. The zero-order valence-corrected chi connectivity index (χ0v) is 23.1. The summed E-state index contributed by atoms with van der Waals surface area (Å²) in [5.74, 6) is 1.97. The minimum absolute atomic E-state index is 0.0606. The lowest BCUT2D eigenvalue weighted by Gasteiger charge is -2.20. The normalized spacial score (nSPS) is 11.4. The second-order valence-electron chi connectivity index (χ2n) is 10.2. The third-order valence-electron chi connectivity index (χ3n) is 7.50. The third kappa shape index (κ3) is 6.17. The van der Waals surface area contributed by atoms with Crippen LogP contribution in [0, 0.1) is 0 Å². The second kappa shape index (κ2) is 13.0. The van der Waals surface area contributed by atoms with E-state index in [1.54, 1.807) is 0 Å². The highest BCUT2D eigenvalue weighted by molar-refractivity contribution is 5.47. The van der Waals surface area contributed by atoms with Gasteiger partial charge in [0.1, 0.15) is 11.5 Å². The molecule has 6 aromatic rings. The van der Waals surface area contributed by atoms with Crippen LogP contribution in [-0.4, -0.2) is 33.1 Å². The molecule has 0 saturated heterocycles. The second-order valence-corrected chi connectivity index (χ2v) is 10.2. The number of aromatic nitrogens is 4. The van der Waals surface area contributed by atoms with Crippen molar-refractivity contribution in [2.75, 3.05) is 13.2 Å². The zero-order chi connectivity index (χ0) is 27.7. The monoisotopic (exact) mass is 544 g/mol. The van der Waals surface area contributed by atoms with Gasteiger partial charge in [0.15, 0.2) is 0 Å². The Bertz CT molecular complexity index is 1380. The number of ether oxygens (including phenoxy) is 2. The summed E-state index contributed by atoms with van der Waals surface area (Å²) in [5.41, 5.74) is 6.84. The fraction of sp³-hybridized carbons (Fsp3) is 0.200. The van der Waals surface area contributed by atoms with Crippen LogP contribution >= 0.6 is 0 Å². The molecule has 208 valence electrons. The van der Waals surface area contributed by atoms with Crippen molar-refractivity contribution in [1.82, 2.24) is 19.9 Å². The maximum atomic E-state index is 6.34. The van der Waals surface area contributed by atoms with Crippen molar-refractivity contribution in [3.8, 4) is 11.5 Å². The van der Waals surface area contributed by atoms with E-state index < -0.39 is 0 Å². The van der Waals surface area contributed by atoms with Gasteiger partial charge in [-0.2, -0.15) is 0 Å². The van der Waals surface area contributed by atoms with Crippen molar-refractivity contribution in [2.45, 2.75) is 31.1 Å². The van der Waals surface area contributed by atoms with E-state index in [1.807, 2.05) is 61.2 Å². The predicted octanol–water partition coefficient (Wildman–Crippen LogP) is 7.99. The Hall–Kier alpha value is -4.84. The molecule has 0 aliphatic heterocycles. The van der Waals surface area contributed by atoms with Crippen molar-refractivity contribution >= 4 is 0 Å². The molecule has 0 aliphatic carbocycles. The van der Waals surface area contributed by atoms with Gasteiger partial charge < -0.3 is 29.4 Å². The van der Waals surface area contributed by atoms with Crippen LogP contribution in [0.5, 0.6) is 11.5 Å². The molecule has 0 unspecified atom stereocenters. The molecule has 0 bridgehead atoms. The molecular formula is C35H36N4O2. The van der Waals surface area contributed by atoms with Crippen LogP contribution in [0.1, 0.15) is 65.0 Å². The van der Waals surface area contributed by atoms with Crippen molar-refractivity contribution in [3.05, 3.63) is 156 Å². The van der Waals surface area contributed by atoms with Gasteiger partial charge in [-0.05, 0) is 79.9 Å². The van der Waals surface area contributed by atoms with Crippen LogP contribution in [0.4, 0.5) is 0 Å². The van der Waals surface area contributed by atoms with Crippen LogP contribution in [0.3, 0.4) is 0 Å². The lowest BCUT2D eigenvalue weighted by molar-refractivity contribution is 0.276. The number of rotatable bonds is 14. The standard InChI is InChI=1S/C35H36N4O2/c1(6-24-40-32-18-4-2-12-26(32)34(28-14-8-20-36-28)29-15-9-21-37-29)7-25-41-33-19-5-3-13-27(33)35(30-16-10-22-38-30)31-17-11-23-39-31/h2-5,8-23,34-39H,1,6-7,24-25H2. The van der Waals surface area contributed by atoms with Crippen molar-refractivity contribution in [2.24, 2.45) is 0 Å². The highest BCUT2D eigenvalue weighted by Crippen LogP contribution is 2.37. The summed E-state index contributed by atoms with van der Waals surface area (Å²) in [6, 6.07) is 33.3. The molecule has 6 nitrogen and oxygen atoms in total. The Morgan fingerprint density at radius 3 is 1.12 bits per heavy atom. The molecule has 0 amide bonds. The molecule has 0 radical (unpaired) electrons. The quantitative estimate of drug-likeness (QED) is 0.105. The molecular weight excluding hydrogens is 508 g/mol. The molecule has 4 aromatic heterocycles. The first kappa shape index (κ1) is 26.4. The molecule has 0 aliphatic rings. The zero-order valence-electron chi connectivity index (χ0n) is 23.1. The van der Waals surface area contributed by atoms with Gasteiger partial charge in [0.05, 0.1) is 25.0 Å². The molecule has 4 heterocycles. The lowest BCUT2D eigenvalue weighted by Crippen LogP contribution is -2.09. The fourth-order valence-electron chi connectivity index (χ4n) is 5.55. The van der Waals surface area contributed by atoms with Crippen molar-refractivity contribution in [1.29, 1.82) is 0 Å². The lowest BCUT2D eigenvalue weighted by atomic mass is 9.92. The highest BCUT2D eigenvalue weighted by Gasteiger charge is 2.23. The SMILES string of the molecule is c1c[nH]c(C(c2ccc[nH]2)c2ccccc2OCCCCCOc2ccccc2C(c2ccc[nH]2)c2ccc[nH]2)c1. The fourth-order valence-corrected chi connectivity index (χ4v) is 5.55. The van der Waals surface area contributed by atoms with E-state index in [9.17, 15) is 0 Å². The molecule has 2 aromatic carbocycles. The summed E-state index contributed by atoms with van der Waals surface area (Å²) in [6.45, 7) is 1.33. The number of benzene rings is 2. The van der Waals surface area contributed by atoms with Crippen molar-refractivity contribution in [3.63, 3.8) is 0 Å². The molecule has 6 heteroatoms. The van der Waals surface area contributed by atoms with Crippen LogP contribution in [-0.2, 0) is 0 Å². The van der Waals surface area contributed by atoms with Crippen LogP contribution < -0.4 is 9.47 Å². The summed E-state index contributed by atoms with van der Waals surface area (Å²) < 4.78 is 12.7. The number of hydrogen-bond acceptors (Lipinski definition) is 2. The first-order chi connectivity index (χ1) is 20.4. The Morgan fingerprint density at radius 1 is 0.415 bits per heavy atom. The topological polar surface area (TPSA) is 81.6 Å². The maximum absolute atomic E-state index is 6.34. The molecule has 4 N–H and O–H groups in total. The van der Waals surface area contributed by atoms with Crippen LogP contribution in [0.2, 0.25) is 0 Å². The molecule has 0 fully saturated rings. The van der Waals surface area contributed by atoms with E-state index in [4.69, 9.17) is 9.47 Å². The van der Waals surface area contributed by atoms with E-state index >= 15 is 0 Å². The first-order valence-corrected chi connectivity index (χ1v) is 14.3. The van der Waals surface area contributed by atoms with Gasteiger partial charge >= 0.3 is 0 Å². The first-order valence-electron chi connectivity index (χ1n) is 14.3. The minimum Gasteiger partial charge on any atom is -0.493 e. The average molecular weight is 545 g/mol. The summed E-state index contributed by atoms with van der Waals surface area (Å²) >= 11 is 0. The maximum Gasteiger partial charge on any atom is 0.123 e. The third-order valence-corrected chi connectivity index (χ3v) is 7.50. The van der Waals surface area contributed by atoms with Crippen LogP contribution in [0.15, 0.2) is 122 Å². The molecule has 0 atom stereocenters. The summed E-state index contributed by atoms with van der Waals surface area (Å²) in [7, 11) is 0. The van der Waals surface area contributed by atoms with Crippen molar-refractivity contribution < 1.29 is 9.47 Å².